The van der Waals surface area contributed by atoms with Crippen LogP contribution in [-0.2, 0) is 6.18 Å². The minimum absolute atomic E-state index is 0.143. The number of anilines is 1. The number of hydrogen-bond donors (Lipinski definition) is 0. The largest absolute Gasteiger partial charge is 0.492 e. The van der Waals surface area contributed by atoms with Gasteiger partial charge in [-0.15, -0.1) is 0 Å². The Morgan fingerprint density at radius 1 is 0.971 bits per heavy atom. The van der Waals surface area contributed by atoms with Crippen LogP contribution in [0.4, 0.5) is 37.7 Å². The molecule has 7 nitrogen and oxygen atoms in total. The van der Waals surface area contributed by atoms with Crippen molar-refractivity contribution >= 4 is 17.3 Å². The van der Waals surface area contributed by atoms with Gasteiger partial charge in [-0.25, -0.2) is 0 Å². The highest BCUT2D eigenvalue weighted by molar-refractivity contribution is 5.97. The first-order chi connectivity index (χ1) is 15.8. The molecule has 184 valence electrons. The summed E-state index contributed by atoms with van der Waals surface area (Å²) < 4.78 is 80.6. The first-order valence-electron chi connectivity index (χ1n) is 10.0. The van der Waals surface area contributed by atoms with Gasteiger partial charge in [0.2, 0.25) is 0 Å². The minimum atomic E-state index is -4.47. The number of nitro groups is 1. The summed E-state index contributed by atoms with van der Waals surface area (Å²) >= 11 is 0. The Morgan fingerprint density at radius 3 is 2.12 bits per heavy atom. The van der Waals surface area contributed by atoms with Crippen molar-refractivity contribution in [3.8, 4) is 5.75 Å². The number of carbonyl (C=O) groups is 1. The van der Waals surface area contributed by atoms with Gasteiger partial charge in [0.05, 0.1) is 29.1 Å². The number of benzene rings is 2. The second-order valence-electron chi connectivity index (χ2n) is 7.48. The molecule has 1 fully saturated rings. The van der Waals surface area contributed by atoms with E-state index >= 15 is 0 Å². The molecule has 1 heterocycles. The standard InChI is InChI=1S/C21H19F6N3O4/c22-20(23,24)7-12-34-18-6-5-16(30(32)33)13-17(18)19(31)29-10-8-28(9-11-29)15-3-1-14(2-4-15)21(25,26)27/h1-6,13H,7-12H2. The Balaban J connectivity index is 1.70. The zero-order valence-corrected chi connectivity index (χ0v) is 17.5. The molecule has 0 bridgehead atoms. The lowest BCUT2D eigenvalue weighted by molar-refractivity contribution is -0.384. The Bertz CT molecular complexity index is 1030. The molecule has 0 N–H and O–H groups in total. The summed E-state index contributed by atoms with van der Waals surface area (Å²) in [5.74, 6) is -0.859. The lowest BCUT2D eigenvalue weighted by atomic mass is 10.1. The number of alkyl halides is 6. The number of piperazine rings is 1. The number of carbonyl (C=O) groups excluding carboxylic acids is 1. The van der Waals surface area contributed by atoms with E-state index in [4.69, 9.17) is 4.74 Å². The van der Waals surface area contributed by atoms with Crippen molar-refractivity contribution in [2.75, 3.05) is 37.7 Å². The third-order valence-corrected chi connectivity index (χ3v) is 5.17. The van der Waals surface area contributed by atoms with Gasteiger partial charge in [-0.3, -0.25) is 14.9 Å². The Kier molecular flexibility index (Phi) is 7.22. The number of hydrogen-bond acceptors (Lipinski definition) is 5. The predicted molar refractivity (Wildman–Crippen MR) is 109 cm³/mol. The average molecular weight is 491 g/mol. The smallest absolute Gasteiger partial charge is 0.416 e. The van der Waals surface area contributed by atoms with Gasteiger partial charge in [0.25, 0.3) is 11.6 Å². The molecule has 0 radical (unpaired) electrons. The fraction of sp³-hybridized carbons (Fsp3) is 0.381. The maximum atomic E-state index is 13.0. The summed E-state index contributed by atoms with van der Waals surface area (Å²) in [6.07, 6.45) is -10.2. The molecule has 0 atom stereocenters. The Hall–Kier alpha value is -3.51. The van der Waals surface area contributed by atoms with Gasteiger partial charge in [-0.2, -0.15) is 26.3 Å². The third kappa shape index (κ3) is 6.29. The van der Waals surface area contributed by atoms with E-state index in [0.29, 0.717) is 5.69 Å². The fourth-order valence-electron chi connectivity index (χ4n) is 3.40. The van der Waals surface area contributed by atoms with Crippen molar-refractivity contribution in [3.05, 3.63) is 63.7 Å². The van der Waals surface area contributed by atoms with Crippen molar-refractivity contribution in [2.24, 2.45) is 0 Å². The lowest BCUT2D eigenvalue weighted by Gasteiger charge is -2.36. The van der Waals surface area contributed by atoms with Gasteiger partial charge in [-0.1, -0.05) is 0 Å². The molecule has 0 aromatic heterocycles. The summed E-state index contributed by atoms with van der Waals surface area (Å²) in [6.45, 7) is 0.0744. The van der Waals surface area contributed by atoms with E-state index in [1.807, 2.05) is 0 Å². The summed E-state index contributed by atoms with van der Waals surface area (Å²) in [5.41, 5.74) is -0.908. The summed E-state index contributed by atoms with van der Waals surface area (Å²) in [4.78, 5) is 26.5. The molecule has 0 unspecified atom stereocenters. The van der Waals surface area contributed by atoms with Crippen LogP contribution in [0.25, 0.3) is 0 Å². The second kappa shape index (κ2) is 9.77. The molecule has 1 amide bonds. The van der Waals surface area contributed by atoms with E-state index in [9.17, 15) is 41.3 Å². The van der Waals surface area contributed by atoms with Gasteiger partial charge >= 0.3 is 12.4 Å². The monoisotopic (exact) mass is 491 g/mol. The molecule has 1 aliphatic rings. The van der Waals surface area contributed by atoms with Crippen LogP contribution in [0.1, 0.15) is 22.3 Å². The molecule has 2 aromatic carbocycles. The molecule has 13 heteroatoms. The van der Waals surface area contributed by atoms with Crippen molar-refractivity contribution in [1.82, 2.24) is 4.90 Å². The third-order valence-electron chi connectivity index (χ3n) is 5.17. The van der Waals surface area contributed by atoms with Crippen LogP contribution in [0.5, 0.6) is 5.75 Å². The molecule has 0 spiro atoms. The average Bonchev–Trinajstić information content (AvgIpc) is 2.77. The van der Waals surface area contributed by atoms with Crippen LogP contribution in [0.15, 0.2) is 42.5 Å². The summed E-state index contributed by atoms with van der Waals surface area (Å²) in [6, 6.07) is 7.64. The van der Waals surface area contributed by atoms with Gasteiger partial charge in [-0.05, 0) is 30.3 Å². The fourth-order valence-corrected chi connectivity index (χ4v) is 3.40. The SMILES string of the molecule is O=C(c1cc([N+](=O)[O-])ccc1OCCC(F)(F)F)N1CCN(c2ccc(C(F)(F)F)cc2)CC1. The number of rotatable bonds is 6. The van der Waals surface area contributed by atoms with Gasteiger partial charge in [0, 0.05) is 44.0 Å². The molecule has 1 saturated heterocycles. The van der Waals surface area contributed by atoms with Gasteiger partial charge < -0.3 is 14.5 Å². The van der Waals surface area contributed by atoms with Crippen LogP contribution in [-0.4, -0.2) is 54.7 Å². The zero-order valence-electron chi connectivity index (χ0n) is 17.5. The molecule has 3 rings (SSSR count). The number of non-ortho nitro benzene ring substituents is 1. The molecule has 34 heavy (non-hydrogen) atoms. The van der Waals surface area contributed by atoms with E-state index in [1.165, 1.54) is 17.0 Å². The minimum Gasteiger partial charge on any atom is -0.492 e. The zero-order chi connectivity index (χ0) is 25.1. The molecule has 2 aromatic rings. The van der Waals surface area contributed by atoms with E-state index in [2.05, 4.69) is 0 Å². The number of nitrogens with zero attached hydrogens (tertiary/aromatic N) is 3. The highest BCUT2D eigenvalue weighted by Crippen LogP contribution is 2.31. The first kappa shape index (κ1) is 25.1. The van der Waals surface area contributed by atoms with E-state index in [-0.39, 0.29) is 37.5 Å². The number of ether oxygens (including phenoxy) is 1. The van der Waals surface area contributed by atoms with Crippen molar-refractivity contribution in [2.45, 2.75) is 18.8 Å². The molecular weight excluding hydrogens is 472 g/mol. The molecule has 0 saturated carbocycles. The van der Waals surface area contributed by atoms with Crippen molar-refractivity contribution in [3.63, 3.8) is 0 Å². The normalized spacial score (nSPS) is 14.8. The van der Waals surface area contributed by atoms with E-state index < -0.39 is 47.5 Å². The Labute approximate surface area is 189 Å². The first-order valence-corrected chi connectivity index (χ1v) is 10.0. The molecule has 1 aliphatic heterocycles. The summed E-state index contributed by atoms with van der Waals surface area (Å²) in [7, 11) is 0. The van der Waals surface area contributed by atoms with Gasteiger partial charge in [0.1, 0.15) is 5.75 Å². The highest BCUT2D eigenvalue weighted by atomic mass is 19.4. The quantitative estimate of drug-likeness (QED) is 0.326. The number of halogens is 6. The maximum Gasteiger partial charge on any atom is 0.416 e. The number of nitro benzene ring substituents is 1. The van der Waals surface area contributed by atoms with Crippen molar-refractivity contribution in [1.29, 1.82) is 0 Å². The lowest BCUT2D eigenvalue weighted by Crippen LogP contribution is -2.48. The summed E-state index contributed by atoms with van der Waals surface area (Å²) in [5, 5.41) is 11.1. The van der Waals surface area contributed by atoms with Crippen LogP contribution in [0.3, 0.4) is 0 Å². The predicted octanol–water partition coefficient (Wildman–Crippen LogP) is 4.91. The van der Waals surface area contributed by atoms with E-state index in [0.717, 1.165) is 30.3 Å². The molecular formula is C21H19F6N3O4. The van der Waals surface area contributed by atoms with E-state index in [1.54, 1.807) is 4.90 Å². The van der Waals surface area contributed by atoms with Crippen molar-refractivity contribution < 1.29 is 40.8 Å². The number of amides is 1. The van der Waals surface area contributed by atoms with Crippen LogP contribution in [0.2, 0.25) is 0 Å². The van der Waals surface area contributed by atoms with Crippen LogP contribution >= 0.6 is 0 Å². The molecule has 0 aliphatic carbocycles. The highest BCUT2D eigenvalue weighted by Gasteiger charge is 2.31. The maximum absolute atomic E-state index is 13.0. The van der Waals surface area contributed by atoms with Crippen LogP contribution < -0.4 is 9.64 Å². The van der Waals surface area contributed by atoms with Crippen LogP contribution in [0, 0.1) is 10.1 Å². The Morgan fingerprint density at radius 2 is 1.59 bits per heavy atom. The van der Waals surface area contributed by atoms with Gasteiger partial charge in [0.15, 0.2) is 0 Å². The second-order valence-corrected chi connectivity index (χ2v) is 7.48. The topological polar surface area (TPSA) is 75.9 Å².